The maximum Gasteiger partial charge on any atom is 0.450 e. The molecule has 0 radical (unpaired) electrons. The predicted molar refractivity (Wildman–Crippen MR) is 145 cm³/mol. The highest BCUT2D eigenvalue weighted by Gasteiger charge is 2.45. The first-order valence-corrected chi connectivity index (χ1v) is 13.2. The maximum atomic E-state index is 13.4. The number of rotatable bonds is 15. The number of benzene rings is 2. The normalized spacial score (nSPS) is 13.7. The number of methoxy groups -OCH3 is 1. The van der Waals surface area contributed by atoms with Gasteiger partial charge in [-0.2, -0.15) is 13.2 Å². The summed E-state index contributed by atoms with van der Waals surface area (Å²) in [4.78, 5) is 63.3. The van der Waals surface area contributed by atoms with E-state index in [1.807, 2.05) is 0 Å². The van der Waals surface area contributed by atoms with Crippen molar-refractivity contribution in [1.29, 1.82) is 0 Å². The van der Waals surface area contributed by atoms with Gasteiger partial charge in [0.2, 0.25) is 17.6 Å². The van der Waals surface area contributed by atoms with Crippen molar-refractivity contribution in [3.05, 3.63) is 64.7 Å². The van der Waals surface area contributed by atoms with Gasteiger partial charge >= 0.3 is 6.18 Å². The summed E-state index contributed by atoms with van der Waals surface area (Å²) in [6, 6.07) is 10.5. The highest BCUT2D eigenvalue weighted by Crippen LogP contribution is 2.31. The monoisotopic (exact) mass is 596 g/mol. The second-order valence-corrected chi connectivity index (χ2v) is 10.4. The van der Waals surface area contributed by atoms with Gasteiger partial charge in [0, 0.05) is 41.7 Å². The van der Waals surface area contributed by atoms with Crippen molar-refractivity contribution < 1.29 is 41.9 Å². The van der Waals surface area contributed by atoms with Gasteiger partial charge in [-0.3, -0.25) is 24.0 Å². The van der Waals surface area contributed by atoms with Gasteiger partial charge in [0.1, 0.15) is 11.8 Å². The summed E-state index contributed by atoms with van der Waals surface area (Å²) in [6.45, 7) is 2.79. The van der Waals surface area contributed by atoms with Gasteiger partial charge < -0.3 is 15.8 Å². The highest BCUT2D eigenvalue weighted by molar-refractivity contribution is 6.31. The van der Waals surface area contributed by atoms with E-state index in [9.17, 15) is 37.1 Å². The molecule has 0 aliphatic rings. The van der Waals surface area contributed by atoms with Crippen LogP contribution in [0.15, 0.2) is 48.5 Å². The Bertz CT molecular complexity index is 1260. The van der Waals surface area contributed by atoms with Gasteiger partial charge in [0.05, 0.1) is 7.11 Å². The van der Waals surface area contributed by atoms with Crippen LogP contribution in [-0.4, -0.2) is 42.5 Å². The standard InChI is InChI=1S/C29H32ClF3N2O6/c1-16(2)22(27(39)29(31,32)33)15-24(37)26(17-7-10-21(41-3)11-8-17)35-28(40)19(9-12-25(34)38)14-23(36)18-5-4-6-20(30)13-18/h4-8,10-11,13,16,19,22,26H,9,12,14-15H2,1-3H3,(H2,34,38)(H,35,40)/t19-,22+,26+/m1/s1. The Labute approximate surface area is 240 Å². The molecule has 0 saturated carbocycles. The number of hydrogen-bond donors (Lipinski definition) is 2. The number of carbonyl (C=O) groups excluding carboxylic acids is 5. The molecule has 0 fully saturated rings. The van der Waals surface area contributed by atoms with E-state index in [2.05, 4.69) is 5.32 Å². The molecule has 41 heavy (non-hydrogen) atoms. The number of primary amides is 1. The van der Waals surface area contributed by atoms with Gasteiger partial charge in [0.15, 0.2) is 11.6 Å². The Kier molecular flexibility index (Phi) is 12.1. The molecular weight excluding hydrogens is 565 g/mol. The van der Waals surface area contributed by atoms with Crippen molar-refractivity contribution in [3.8, 4) is 5.75 Å². The molecule has 2 aromatic rings. The molecule has 0 aliphatic carbocycles. The van der Waals surface area contributed by atoms with Gasteiger partial charge in [-0.1, -0.05) is 49.7 Å². The van der Waals surface area contributed by atoms with Crippen LogP contribution in [0.4, 0.5) is 13.2 Å². The number of Topliss-reactive ketones (excluding diaryl/α,β-unsaturated/α-hetero) is 3. The van der Waals surface area contributed by atoms with Crippen LogP contribution >= 0.6 is 11.6 Å². The molecular formula is C29H32ClF3N2O6. The number of halogens is 4. The van der Waals surface area contributed by atoms with Crippen LogP contribution < -0.4 is 15.8 Å². The molecule has 0 aliphatic heterocycles. The summed E-state index contributed by atoms with van der Waals surface area (Å²) in [7, 11) is 1.41. The van der Waals surface area contributed by atoms with E-state index >= 15 is 0 Å². The number of amides is 2. The van der Waals surface area contributed by atoms with E-state index in [1.165, 1.54) is 57.4 Å². The summed E-state index contributed by atoms with van der Waals surface area (Å²) >= 11 is 5.96. The summed E-state index contributed by atoms with van der Waals surface area (Å²) in [6.07, 6.45) is -6.66. The van der Waals surface area contributed by atoms with E-state index in [0.29, 0.717) is 10.8 Å². The van der Waals surface area contributed by atoms with Crippen molar-refractivity contribution in [3.63, 3.8) is 0 Å². The van der Waals surface area contributed by atoms with Crippen LogP contribution in [0.25, 0.3) is 0 Å². The van der Waals surface area contributed by atoms with Crippen LogP contribution in [-0.2, 0) is 19.2 Å². The molecule has 222 valence electrons. The number of alkyl halides is 3. The average Bonchev–Trinajstić information content (AvgIpc) is 2.91. The maximum absolute atomic E-state index is 13.4. The van der Waals surface area contributed by atoms with Crippen molar-refractivity contribution >= 4 is 40.8 Å². The van der Waals surface area contributed by atoms with Crippen molar-refractivity contribution in [1.82, 2.24) is 5.32 Å². The number of ketones is 3. The second-order valence-electron chi connectivity index (χ2n) is 9.94. The molecule has 0 unspecified atom stereocenters. The van der Waals surface area contributed by atoms with Gasteiger partial charge in [0.25, 0.3) is 0 Å². The summed E-state index contributed by atoms with van der Waals surface area (Å²) in [5, 5.41) is 2.83. The second kappa shape index (κ2) is 14.8. The van der Waals surface area contributed by atoms with Crippen molar-refractivity contribution in [2.75, 3.05) is 7.11 Å². The number of nitrogens with one attached hydrogen (secondary N) is 1. The Morgan fingerprint density at radius 3 is 2.15 bits per heavy atom. The minimum absolute atomic E-state index is 0.127. The lowest BCUT2D eigenvalue weighted by Crippen LogP contribution is -2.41. The minimum Gasteiger partial charge on any atom is -0.497 e. The molecule has 0 bridgehead atoms. The molecule has 2 amide bonds. The zero-order chi connectivity index (χ0) is 30.9. The van der Waals surface area contributed by atoms with Crippen LogP contribution in [0.3, 0.4) is 0 Å². The molecule has 3 atom stereocenters. The number of nitrogens with two attached hydrogens (primary N) is 1. The van der Waals surface area contributed by atoms with Crippen LogP contribution in [0.5, 0.6) is 5.75 Å². The lowest BCUT2D eigenvalue weighted by molar-refractivity contribution is -0.177. The van der Waals surface area contributed by atoms with E-state index in [-0.39, 0.29) is 30.4 Å². The molecule has 3 N–H and O–H groups in total. The first-order chi connectivity index (χ1) is 19.1. The smallest absolute Gasteiger partial charge is 0.450 e. The zero-order valence-electron chi connectivity index (χ0n) is 22.8. The lowest BCUT2D eigenvalue weighted by atomic mass is 9.84. The quantitative estimate of drug-likeness (QED) is 0.277. The van der Waals surface area contributed by atoms with Crippen molar-refractivity contribution in [2.45, 2.75) is 51.7 Å². The average molecular weight is 597 g/mol. The Morgan fingerprint density at radius 2 is 1.63 bits per heavy atom. The third-order valence-corrected chi connectivity index (χ3v) is 6.82. The third kappa shape index (κ3) is 10.00. The van der Waals surface area contributed by atoms with Crippen LogP contribution in [0, 0.1) is 17.8 Å². The fourth-order valence-electron chi connectivity index (χ4n) is 4.23. The van der Waals surface area contributed by atoms with Crippen LogP contribution in [0.1, 0.15) is 61.5 Å². The molecule has 2 aromatic carbocycles. The minimum atomic E-state index is -5.14. The fourth-order valence-corrected chi connectivity index (χ4v) is 4.42. The topological polar surface area (TPSA) is 133 Å². The largest absolute Gasteiger partial charge is 0.497 e. The molecule has 0 saturated heterocycles. The summed E-state index contributed by atoms with van der Waals surface area (Å²) in [5.74, 6) is -8.02. The molecule has 0 spiro atoms. The van der Waals surface area contributed by atoms with E-state index < -0.39 is 65.6 Å². The van der Waals surface area contributed by atoms with Crippen molar-refractivity contribution in [2.24, 2.45) is 23.5 Å². The van der Waals surface area contributed by atoms with E-state index in [4.69, 9.17) is 22.1 Å². The molecule has 12 heteroatoms. The van der Waals surface area contributed by atoms with E-state index in [0.717, 1.165) is 0 Å². The first-order valence-electron chi connectivity index (χ1n) is 12.8. The SMILES string of the molecule is COc1ccc([C@H](NC(=O)[C@H](CCC(N)=O)CC(=O)c2cccc(Cl)c2)C(=O)C[C@H](C(=O)C(F)(F)F)C(C)C)cc1. The Balaban J connectivity index is 2.40. The fraction of sp³-hybridized carbons (Fsp3) is 0.414. The lowest BCUT2D eigenvalue weighted by Gasteiger charge is -2.25. The number of ether oxygens (including phenoxy) is 1. The zero-order valence-corrected chi connectivity index (χ0v) is 23.6. The van der Waals surface area contributed by atoms with Gasteiger partial charge in [-0.15, -0.1) is 0 Å². The molecule has 0 aromatic heterocycles. The Morgan fingerprint density at radius 1 is 1.00 bits per heavy atom. The van der Waals surface area contributed by atoms with Gasteiger partial charge in [-0.25, -0.2) is 0 Å². The Hall–Kier alpha value is -3.73. The van der Waals surface area contributed by atoms with Crippen LogP contribution in [0.2, 0.25) is 5.02 Å². The third-order valence-electron chi connectivity index (χ3n) is 6.59. The highest BCUT2D eigenvalue weighted by atomic mass is 35.5. The van der Waals surface area contributed by atoms with E-state index in [1.54, 1.807) is 12.1 Å². The van der Waals surface area contributed by atoms with Gasteiger partial charge in [-0.05, 0) is 42.2 Å². The number of hydrogen-bond acceptors (Lipinski definition) is 6. The molecule has 8 nitrogen and oxygen atoms in total. The summed E-state index contributed by atoms with van der Waals surface area (Å²) in [5.41, 5.74) is 5.70. The first kappa shape index (κ1) is 33.5. The number of carbonyl (C=O) groups is 5. The molecule has 2 rings (SSSR count). The summed E-state index contributed by atoms with van der Waals surface area (Å²) < 4.78 is 44.9. The predicted octanol–water partition coefficient (Wildman–Crippen LogP) is 5.02. The molecule has 0 heterocycles.